The minimum absolute atomic E-state index is 0. The lowest BCUT2D eigenvalue weighted by atomic mass is 10.0. The largest absolute Gasteiger partial charge is 0.379 e. The molecule has 162 valence electrons. The molecule has 1 aliphatic rings. The Kier molecular flexibility index (Phi) is 13.0. The van der Waals surface area contributed by atoms with Crippen LogP contribution in [-0.4, -0.2) is 94.4 Å². The molecule has 0 spiro atoms. The van der Waals surface area contributed by atoms with Crippen molar-refractivity contribution in [3.05, 3.63) is 0 Å². The molecule has 1 aliphatic heterocycles. The van der Waals surface area contributed by atoms with Crippen molar-refractivity contribution in [1.29, 1.82) is 0 Å². The number of nitrogens with one attached hydrogen (secondary N) is 2. The Morgan fingerprint density at radius 1 is 1.22 bits per heavy atom. The first-order valence-electron chi connectivity index (χ1n) is 9.50. The molecule has 8 nitrogen and oxygen atoms in total. The average Bonchev–Trinajstić information content (AvgIpc) is 2.59. The van der Waals surface area contributed by atoms with Crippen LogP contribution in [0.4, 0.5) is 0 Å². The molecule has 1 heterocycles. The predicted molar refractivity (Wildman–Crippen MR) is 123 cm³/mol. The van der Waals surface area contributed by atoms with Crippen molar-refractivity contribution in [3.8, 4) is 0 Å². The number of hydrogen-bond acceptors (Lipinski definition) is 5. The second-order valence-corrected chi connectivity index (χ2v) is 9.12. The van der Waals surface area contributed by atoms with Gasteiger partial charge in [0.2, 0.25) is 10.0 Å². The number of hydrogen-bond donors (Lipinski definition) is 2. The molecular weight excluding hydrogens is 481 g/mol. The van der Waals surface area contributed by atoms with Crippen LogP contribution in [0.5, 0.6) is 0 Å². The Bertz CT molecular complexity index is 537. The second kappa shape index (κ2) is 13.1. The summed E-state index contributed by atoms with van der Waals surface area (Å²) in [4.78, 5) is 7.14. The van der Waals surface area contributed by atoms with Crippen LogP contribution >= 0.6 is 24.0 Å². The van der Waals surface area contributed by atoms with Crippen molar-refractivity contribution < 1.29 is 13.2 Å². The Morgan fingerprint density at radius 3 is 2.37 bits per heavy atom. The van der Waals surface area contributed by atoms with Gasteiger partial charge in [0.15, 0.2) is 5.96 Å². The molecule has 0 aromatic heterocycles. The van der Waals surface area contributed by atoms with Gasteiger partial charge in [0.25, 0.3) is 0 Å². The molecule has 0 aromatic rings. The van der Waals surface area contributed by atoms with Gasteiger partial charge < -0.3 is 15.4 Å². The van der Waals surface area contributed by atoms with Gasteiger partial charge in [-0.15, -0.1) is 24.0 Å². The molecule has 10 heteroatoms. The minimum Gasteiger partial charge on any atom is -0.379 e. The van der Waals surface area contributed by atoms with Gasteiger partial charge in [-0.05, 0) is 27.2 Å². The number of nitrogens with zero attached hydrogens (tertiary/aromatic N) is 3. The zero-order valence-corrected chi connectivity index (χ0v) is 20.6. The molecule has 0 unspecified atom stereocenters. The SMILES string of the molecule is CCNC(=NCC(C)(C)N1CCOCC1)NCCCN(CC)S(C)(=O)=O.I. The predicted octanol–water partition coefficient (Wildman–Crippen LogP) is 0.942. The first-order chi connectivity index (χ1) is 12.2. The van der Waals surface area contributed by atoms with Gasteiger partial charge in [0.05, 0.1) is 26.0 Å². The van der Waals surface area contributed by atoms with Crippen molar-refractivity contribution in [3.63, 3.8) is 0 Å². The maximum atomic E-state index is 11.6. The number of rotatable bonds is 10. The van der Waals surface area contributed by atoms with Crippen LogP contribution in [0, 0.1) is 0 Å². The molecule has 0 amide bonds. The van der Waals surface area contributed by atoms with Crippen molar-refractivity contribution in [2.24, 2.45) is 4.99 Å². The standard InChI is InChI=1S/C17H37N5O3S.HI/c1-6-18-16(19-9-8-10-22(7-2)26(5,23)24)20-15-17(3,4)21-11-13-25-14-12-21;/h6-15H2,1-5H3,(H2,18,19,20);1H. The molecule has 0 atom stereocenters. The summed E-state index contributed by atoms with van der Waals surface area (Å²) in [6.07, 6.45) is 1.99. The van der Waals surface area contributed by atoms with Crippen LogP contribution < -0.4 is 10.6 Å². The Hall–Kier alpha value is -0.170. The monoisotopic (exact) mass is 519 g/mol. The Labute approximate surface area is 182 Å². The number of aliphatic imine (C=N–C) groups is 1. The summed E-state index contributed by atoms with van der Waals surface area (Å²) in [5, 5.41) is 6.56. The first-order valence-corrected chi connectivity index (χ1v) is 11.4. The van der Waals surface area contributed by atoms with Crippen LogP contribution in [0.15, 0.2) is 4.99 Å². The van der Waals surface area contributed by atoms with E-state index in [0.717, 1.165) is 45.2 Å². The molecule has 0 bridgehead atoms. The summed E-state index contributed by atoms with van der Waals surface area (Å²) in [6, 6.07) is 0. The van der Waals surface area contributed by atoms with Gasteiger partial charge in [-0.3, -0.25) is 9.89 Å². The summed E-state index contributed by atoms with van der Waals surface area (Å²) in [5.41, 5.74) is -0.0264. The van der Waals surface area contributed by atoms with E-state index in [-0.39, 0.29) is 29.5 Å². The number of sulfonamides is 1. The van der Waals surface area contributed by atoms with E-state index >= 15 is 0 Å². The molecular formula is C17H38IN5O3S. The zero-order valence-electron chi connectivity index (χ0n) is 17.5. The van der Waals surface area contributed by atoms with E-state index in [0.29, 0.717) is 26.2 Å². The fourth-order valence-corrected chi connectivity index (χ4v) is 3.83. The highest BCUT2D eigenvalue weighted by molar-refractivity contribution is 14.0. The van der Waals surface area contributed by atoms with Gasteiger partial charge in [0.1, 0.15) is 0 Å². The van der Waals surface area contributed by atoms with Crippen LogP contribution in [0.3, 0.4) is 0 Å². The normalized spacial score (nSPS) is 16.9. The molecule has 27 heavy (non-hydrogen) atoms. The molecule has 0 aliphatic carbocycles. The quantitative estimate of drug-likeness (QED) is 0.194. The maximum Gasteiger partial charge on any atom is 0.211 e. The third kappa shape index (κ3) is 10.2. The lowest BCUT2D eigenvalue weighted by molar-refractivity contribution is -0.00683. The summed E-state index contributed by atoms with van der Waals surface area (Å²) < 4.78 is 30.1. The van der Waals surface area contributed by atoms with E-state index in [1.165, 1.54) is 10.6 Å². The van der Waals surface area contributed by atoms with Gasteiger partial charge >= 0.3 is 0 Å². The van der Waals surface area contributed by atoms with E-state index < -0.39 is 10.0 Å². The average molecular weight is 519 g/mol. The topological polar surface area (TPSA) is 86.3 Å². The van der Waals surface area contributed by atoms with Crippen molar-refractivity contribution in [1.82, 2.24) is 19.8 Å². The fraction of sp³-hybridized carbons (Fsp3) is 0.941. The fourth-order valence-electron chi connectivity index (χ4n) is 2.90. The van der Waals surface area contributed by atoms with E-state index in [2.05, 4.69) is 29.4 Å². The molecule has 1 saturated heterocycles. The summed E-state index contributed by atoms with van der Waals surface area (Å²) in [5.74, 6) is 0.774. The summed E-state index contributed by atoms with van der Waals surface area (Å²) in [6.45, 7) is 14.9. The Morgan fingerprint density at radius 2 is 1.85 bits per heavy atom. The van der Waals surface area contributed by atoms with Gasteiger partial charge in [-0.25, -0.2) is 12.7 Å². The van der Waals surface area contributed by atoms with E-state index in [1.807, 2.05) is 13.8 Å². The van der Waals surface area contributed by atoms with Gasteiger partial charge in [-0.1, -0.05) is 6.92 Å². The second-order valence-electron chi connectivity index (χ2n) is 7.14. The molecule has 0 aromatic carbocycles. The van der Waals surface area contributed by atoms with Gasteiger partial charge in [0, 0.05) is 44.8 Å². The van der Waals surface area contributed by atoms with E-state index in [4.69, 9.17) is 9.73 Å². The highest BCUT2D eigenvalue weighted by atomic mass is 127. The molecule has 2 N–H and O–H groups in total. The lowest BCUT2D eigenvalue weighted by Crippen LogP contribution is -2.52. The molecule has 1 fully saturated rings. The number of ether oxygens (including phenoxy) is 1. The van der Waals surface area contributed by atoms with Crippen LogP contribution in [0.1, 0.15) is 34.1 Å². The summed E-state index contributed by atoms with van der Waals surface area (Å²) in [7, 11) is -3.12. The molecule has 0 radical (unpaired) electrons. The molecule has 1 rings (SSSR count). The Balaban J connectivity index is 0.00000676. The van der Waals surface area contributed by atoms with E-state index in [9.17, 15) is 8.42 Å². The number of halogens is 1. The third-order valence-electron chi connectivity index (χ3n) is 4.53. The number of morpholine rings is 1. The zero-order chi connectivity index (χ0) is 19.6. The lowest BCUT2D eigenvalue weighted by Gasteiger charge is -2.39. The first kappa shape index (κ1) is 26.8. The number of guanidine groups is 1. The van der Waals surface area contributed by atoms with Crippen LogP contribution in [0.25, 0.3) is 0 Å². The van der Waals surface area contributed by atoms with Crippen molar-refractivity contribution in [2.45, 2.75) is 39.7 Å². The smallest absolute Gasteiger partial charge is 0.211 e. The van der Waals surface area contributed by atoms with Crippen molar-refractivity contribution in [2.75, 3.05) is 65.3 Å². The van der Waals surface area contributed by atoms with E-state index in [1.54, 1.807) is 0 Å². The summed E-state index contributed by atoms with van der Waals surface area (Å²) >= 11 is 0. The highest BCUT2D eigenvalue weighted by Gasteiger charge is 2.28. The van der Waals surface area contributed by atoms with Crippen LogP contribution in [0.2, 0.25) is 0 Å². The third-order valence-corrected chi connectivity index (χ3v) is 5.91. The van der Waals surface area contributed by atoms with Crippen LogP contribution in [-0.2, 0) is 14.8 Å². The molecule has 0 saturated carbocycles. The maximum absolute atomic E-state index is 11.6. The highest BCUT2D eigenvalue weighted by Crippen LogP contribution is 2.16. The van der Waals surface area contributed by atoms with Gasteiger partial charge in [-0.2, -0.15) is 0 Å². The minimum atomic E-state index is -3.12. The van der Waals surface area contributed by atoms with Crippen molar-refractivity contribution >= 4 is 40.0 Å².